The quantitative estimate of drug-likeness (QED) is 0.908. The third kappa shape index (κ3) is 3.36. The largest absolute Gasteiger partial charge is 0.347 e. The number of hydrogen-bond donors (Lipinski definition) is 1. The van der Waals surface area contributed by atoms with Crippen molar-refractivity contribution >= 4 is 28.2 Å². The van der Waals surface area contributed by atoms with Crippen LogP contribution in [0.1, 0.15) is 25.0 Å². The molecule has 0 atom stereocenters. The molecule has 1 aliphatic carbocycles. The van der Waals surface area contributed by atoms with Crippen LogP contribution in [-0.2, 0) is 6.54 Å². The highest BCUT2D eigenvalue weighted by Gasteiger charge is 2.20. The minimum absolute atomic E-state index is 0.773. The highest BCUT2D eigenvalue weighted by atomic mass is 32.2. The summed E-state index contributed by atoms with van der Waals surface area (Å²) in [5, 5.41) is 6.96. The van der Waals surface area contributed by atoms with Crippen LogP contribution in [0.15, 0.2) is 5.38 Å². The molecule has 17 heavy (non-hydrogen) atoms. The van der Waals surface area contributed by atoms with E-state index >= 15 is 0 Å². The number of nitrogens with zero attached hydrogens (tertiary/aromatic N) is 2. The van der Waals surface area contributed by atoms with Gasteiger partial charge in [0.25, 0.3) is 0 Å². The third-order valence-corrected chi connectivity index (χ3v) is 5.18. The van der Waals surface area contributed by atoms with Gasteiger partial charge in [-0.1, -0.05) is 0 Å². The second-order valence-corrected chi connectivity index (χ2v) is 6.79. The molecule has 2 aliphatic rings. The van der Waals surface area contributed by atoms with Gasteiger partial charge in [0, 0.05) is 36.8 Å². The van der Waals surface area contributed by atoms with Crippen molar-refractivity contribution in [1.29, 1.82) is 0 Å². The van der Waals surface area contributed by atoms with E-state index in [0.717, 1.165) is 19.1 Å². The topological polar surface area (TPSA) is 28.2 Å². The minimum atomic E-state index is 0.773. The van der Waals surface area contributed by atoms with Gasteiger partial charge in [-0.05, 0) is 25.0 Å². The van der Waals surface area contributed by atoms with Gasteiger partial charge in [0.15, 0.2) is 5.13 Å². The van der Waals surface area contributed by atoms with Gasteiger partial charge in [-0.2, -0.15) is 11.8 Å². The Bertz CT molecular complexity index is 354. The van der Waals surface area contributed by atoms with Crippen LogP contribution in [-0.4, -0.2) is 35.6 Å². The van der Waals surface area contributed by atoms with Gasteiger partial charge in [0.05, 0.1) is 5.69 Å². The van der Waals surface area contributed by atoms with Crippen molar-refractivity contribution in [1.82, 2.24) is 10.3 Å². The number of thioether (sulfide) groups is 1. The second-order valence-electron chi connectivity index (χ2n) is 4.73. The van der Waals surface area contributed by atoms with Crippen molar-refractivity contribution in [2.24, 2.45) is 0 Å². The van der Waals surface area contributed by atoms with E-state index in [1.165, 1.54) is 48.1 Å². The molecule has 1 aliphatic heterocycles. The molecule has 1 N–H and O–H groups in total. The Hall–Kier alpha value is -0.260. The second kappa shape index (κ2) is 5.59. The van der Waals surface area contributed by atoms with Gasteiger partial charge in [-0.3, -0.25) is 0 Å². The molecule has 2 fully saturated rings. The van der Waals surface area contributed by atoms with Crippen LogP contribution in [0.2, 0.25) is 0 Å². The van der Waals surface area contributed by atoms with Crippen molar-refractivity contribution in [3.63, 3.8) is 0 Å². The predicted molar refractivity (Wildman–Crippen MR) is 76.1 cm³/mol. The smallest absolute Gasteiger partial charge is 0.185 e. The average molecular weight is 269 g/mol. The first-order valence-corrected chi connectivity index (χ1v) is 8.46. The first-order chi connectivity index (χ1) is 8.42. The van der Waals surface area contributed by atoms with Crippen LogP contribution < -0.4 is 10.2 Å². The van der Waals surface area contributed by atoms with Crippen LogP contribution in [0.4, 0.5) is 5.13 Å². The molecule has 0 spiro atoms. The predicted octanol–water partition coefficient (Wildman–Crippen LogP) is 2.34. The first-order valence-electron chi connectivity index (χ1n) is 6.42. The lowest BCUT2D eigenvalue weighted by Gasteiger charge is -2.18. The monoisotopic (exact) mass is 269 g/mol. The molecule has 0 amide bonds. The fourth-order valence-corrected chi connectivity index (χ4v) is 3.76. The summed E-state index contributed by atoms with van der Waals surface area (Å²) in [5.74, 6) is 2.55. The van der Waals surface area contributed by atoms with E-state index in [-0.39, 0.29) is 0 Å². The molecule has 0 bridgehead atoms. The number of aromatic nitrogens is 1. The maximum atomic E-state index is 4.75. The van der Waals surface area contributed by atoms with Crippen molar-refractivity contribution < 1.29 is 0 Å². The van der Waals surface area contributed by atoms with E-state index in [1.807, 2.05) is 0 Å². The zero-order valence-electron chi connectivity index (χ0n) is 10.0. The molecule has 3 rings (SSSR count). The first kappa shape index (κ1) is 11.8. The molecule has 2 heterocycles. The van der Waals surface area contributed by atoms with E-state index in [2.05, 4.69) is 27.4 Å². The van der Waals surface area contributed by atoms with Crippen LogP contribution in [0.5, 0.6) is 0 Å². The van der Waals surface area contributed by atoms with Gasteiger partial charge < -0.3 is 10.2 Å². The maximum Gasteiger partial charge on any atom is 0.185 e. The molecule has 1 saturated carbocycles. The Labute approximate surface area is 111 Å². The summed E-state index contributed by atoms with van der Waals surface area (Å²) in [5.41, 5.74) is 1.22. The Morgan fingerprint density at radius 3 is 3.18 bits per heavy atom. The molecule has 1 aromatic heterocycles. The molecule has 1 aromatic rings. The SMILES string of the molecule is c1sc(N2CCCSCC2)nc1CNC1CC1. The lowest BCUT2D eigenvalue weighted by atomic mass is 10.4. The molecular formula is C12H19N3S2. The molecule has 5 heteroatoms. The van der Waals surface area contributed by atoms with Gasteiger partial charge in [-0.15, -0.1) is 11.3 Å². The van der Waals surface area contributed by atoms with Crippen molar-refractivity contribution in [2.75, 3.05) is 29.5 Å². The Morgan fingerprint density at radius 2 is 2.29 bits per heavy atom. The zero-order valence-corrected chi connectivity index (χ0v) is 11.7. The fourth-order valence-electron chi connectivity index (χ4n) is 2.00. The van der Waals surface area contributed by atoms with Gasteiger partial charge in [0.2, 0.25) is 0 Å². The maximum absolute atomic E-state index is 4.75. The third-order valence-electron chi connectivity index (χ3n) is 3.18. The number of anilines is 1. The number of nitrogens with one attached hydrogen (secondary N) is 1. The van der Waals surface area contributed by atoms with E-state index < -0.39 is 0 Å². The fraction of sp³-hybridized carbons (Fsp3) is 0.750. The summed E-state index contributed by atoms with van der Waals surface area (Å²) in [4.78, 5) is 7.20. The van der Waals surface area contributed by atoms with Crippen molar-refractivity contribution in [2.45, 2.75) is 31.8 Å². The van der Waals surface area contributed by atoms with E-state index in [1.54, 1.807) is 11.3 Å². The Kier molecular flexibility index (Phi) is 3.88. The normalized spacial score (nSPS) is 21.5. The van der Waals surface area contributed by atoms with E-state index in [4.69, 9.17) is 4.98 Å². The van der Waals surface area contributed by atoms with Crippen LogP contribution >= 0.6 is 23.1 Å². The summed E-state index contributed by atoms with van der Waals surface area (Å²) in [6.07, 6.45) is 3.99. The summed E-state index contributed by atoms with van der Waals surface area (Å²) >= 11 is 3.87. The number of hydrogen-bond acceptors (Lipinski definition) is 5. The summed E-state index contributed by atoms with van der Waals surface area (Å²) in [6, 6.07) is 0.773. The van der Waals surface area contributed by atoms with Crippen LogP contribution in [0, 0.1) is 0 Å². The zero-order chi connectivity index (χ0) is 11.5. The lowest BCUT2D eigenvalue weighted by Crippen LogP contribution is -2.25. The lowest BCUT2D eigenvalue weighted by molar-refractivity contribution is 0.676. The van der Waals surface area contributed by atoms with Crippen LogP contribution in [0.25, 0.3) is 0 Å². The highest BCUT2D eigenvalue weighted by Crippen LogP contribution is 2.24. The summed E-state index contributed by atoms with van der Waals surface area (Å²) in [7, 11) is 0. The van der Waals surface area contributed by atoms with Crippen molar-refractivity contribution in [3.05, 3.63) is 11.1 Å². The minimum Gasteiger partial charge on any atom is -0.347 e. The standard InChI is InChI=1S/C12H19N3S2/c1-4-15(5-7-16-6-1)12-14-11(9-17-12)8-13-10-2-3-10/h9-10,13H,1-8H2. The van der Waals surface area contributed by atoms with E-state index in [9.17, 15) is 0 Å². The van der Waals surface area contributed by atoms with E-state index in [0.29, 0.717) is 0 Å². The number of thiazole rings is 1. The summed E-state index contributed by atoms with van der Waals surface area (Å²) in [6.45, 7) is 3.29. The average Bonchev–Trinajstić information content (AvgIpc) is 3.12. The van der Waals surface area contributed by atoms with Gasteiger partial charge >= 0.3 is 0 Å². The molecule has 0 aromatic carbocycles. The molecule has 0 radical (unpaired) electrons. The molecule has 3 nitrogen and oxygen atoms in total. The number of rotatable bonds is 4. The summed E-state index contributed by atoms with van der Waals surface area (Å²) < 4.78 is 0. The molecule has 1 saturated heterocycles. The molecule has 94 valence electrons. The molecule has 0 unspecified atom stereocenters. The Balaban J connectivity index is 1.57. The highest BCUT2D eigenvalue weighted by molar-refractivity contribution is 7.99. The van der Waals surface area contributed by atoms with Crippen LogP contribution in [0.3, 0.4) is 0 Å². The van der Waals surface area contributed by atoms with Crippen molar-refractivity contribution in [3.8, 4) is 0 Å². The van der Waals surface area contributed by atoms with Gasteiger partial charge in [0.1, 0.15) is 0 Å². The Morgan fingerprint density at radius 1 is 1.35 bits per heavy atom. The van der Waals surface area contributed by atoms with Gasteiger partial charge in [-0.25, -0.2) is 4.98 Å². The molecular weight excluding hydrogens is 250 g/mol.